The highest BCUT2D eigenvalue weighted by Gasteiger charge is 2.13. The van der Waals surface area contributed by atoms with Crippen molar-refractivity contribution in [3.8, 4) is 5.88 Å². The zero-order chi connectivity index (χ0) is 13.2. The van der Waals surface area contributed by atoms with Gasteiger partial charge in [0, 0.05) is 18.2 Å². The third kappa shape index (κ3) is 3.31. The summed E-state index contributed by atoms with van der Waals surface area (Å²) in [5, 5.41) is 9.52. The van der Waals surface area contributed by atoms with Crippen molar-refractivity contribution in [2.24, 2.45) is 0 Å². The predicted octanol–water partition coefficient (Wildman–Crippen LogP) is 0.313. The van der Waals surface area contributed by atoms with Crippen molar-refractivity contribution >= 4 is 10.1 Å². The van der Waals surface area contributed by atoms with Crippen LogP contribution in [0.25, 0.3) is 0 Å². The SMILES string of the molecule is CCn1c(O)cc(C)c(CCS(=O)(=O)O)c1=O. The summed E-state index contributed by atoms with van der Waals surface area (Å²) < 4.78 is 31.1. The van der Waals surface area contributed by atoms with Gasteiger partial charge in [-0.15, -0.1) is 0 Å². The fraction of sp³-hybridized carbons (Fsp3) is 0.500. The molecule has 0 atom stereocenters. The smallest absolute Gasteiger partial charge is 0.265 e. The van der Waals surface area contributed by atoms with Crippen molar-refractivity contribution < 1.29 is 18.1 Å². The second-order valence-corrected chi connectivity index (χ2v) is 5.32. The first-order valence-corrected chi connectivity index (χ1v) is 6.74. The van der Waals surface area contributed by atoms with Crippen LogP contribution in [0, 0.1) is 6.92 Å². The summed E-state index contributed by atoms with van der Waals surface area (Å²) >= 11 is 0. The van der Waals surface area contributed by atoms with E-state index in [1.165, 1.54) is 6.07 Å². The Balaban J connectivity index is 3.21. The van der Waals surface area contributed by atoms with Crippen LogP contribution >= 0.6 is 0 Å². The van der Waals surface area contributed by atoms with E-state index in [1.54, 1.807) is 13.8 Å². The van der Waals surface area contributed by atoms with E-state index < -0.39 is 21.4 Å². The molecule has 0 fully saturated rings. The molecule has 0 unspecified atom stereocenters. The molecule has 1 aromatic rings. The van der Waals surface area contributed by atoms with Crippen LogP contribution in [0.2, 0.25) is 0 Å². The highest BCUT2D eigenvalue weighted by molar-refractivity contribution is 7.85. The number of pyridine rings is 1. The van der Waals surface area contributed by atoms with Gasteiger partial charge < -0.3 is 5.11 Å². The van der Waals surface area contributed by atoms with Crippen LogP contribution in [0.3, 0.4) is 0 Å². The Morgan fingerprint density at radius 2 is 2.00 bits per heavy atom. The van der Waals surface area contributed by atoms with Gasteiger partial charge >= 0.3 is 0 Å². The predicted molar refractivity (Wildman–Crippen MR) is 62.9 cm³/mol. The monoisotopic (exact) mass is 261 g/mol. The summed E-state index contributed by atoms with van der Waals surface area (Å²) in [6, 6.07) is 1.41. The molecule has 0 radical (unpaired) electrons. The average Bonchev–Trinajstić information content (AvgIpc) is 2.15. The molecule has 0 aliphatic heterocycles. The molecule has 17 heavy (non-hydrogen) atoms. The molecule has 0 bridgehead atoms. The Morgan fingerprint density at radius 3 is 2.47 bits per heavy atom. The summed E-state index contributed by atoms with van der Waals surface area (Å²) in [4.78, 5) is 11.9. The number of aryl methyl sites for hydroxylation is 1. The number of hydrogen-bond acceptors (Lipinski definition) is 4. The van der Waals surface area contributed by atoms with Gasteiger partial charge in [-0.25, -0.2) is 0 Å². The zero-order valence-corrected chi connectivity index (χ0v) is 10.5. The van der Waals surface area contributed by atoms with Crippen molar-refractivity contribution in [1.82, 2.24) is 4.57 Å². The Morgan fingerprint density at radius 1 is 1.41 bits per heavy atom. The minimum atomic E-state index is -4.10. The van der Waals surface area contributed by atoms with Gasteiger partial charge in [0.25, 0.3) is 15.7 Å². The van der Waals surface area contributed by atoms with Gasteiger partial charge in [-0.2, -0.15) is 8.42 Å². The first-order valence-electron chi connectivity index (χ1n) is 5.13. The lowest BCUT2D eigenvalue weighted by Gasteiger charge is -2.10. The van der Waals surface area contributed by atoms with Crippen molar-refractivity contribution in [3.63, 3.8) is 0 Å². The van der Waals surface area contributed by atoms with Crippen molar-refractivity contribution in [2.45, 2.75) is 26.8 Å². The topological polar surface area (TPSA) is 96.6 Å². The molecular formula is C10H15NO5S. The van der Waals surface area contributed by atoms with Gasteiger partial charge in [0.2, 0.25) is 0 Å². The fourth-order valence-corrected chi connectivity index (χ4v) is 2.10. The maximum atomic E-state index is 11.9. The minimum Gasteiger partial charge on any atom is -0.494 e. The van der Waals surface area contributed by atoms with Crippen molar-refractivity contribution in [2.75, 3.05) is 5.75 Å². The molecule has 0 aromatic carbocycles. The van der Waals surface area contributed by atoms with Crippen LogP contribution in [0.1, 0.15) is 18.1 Å². The third-order valence-corrected chi connectivity index (χ3v) is 3.25. The van der Waals surface area contributed by atoms with Crippen LogP contribution in [0.4, 0.5) is 0 Å². The van der Waals surface area contributed by atoms with Crippen molar-refractivity contribution in [3.05, 3.63) is 27.5 Å². The summed E-state index contributed by atoms with van der Waals surface area (Å²) in [7, 11) is -4.10. The van der Waals surface area contributed by atoms with E-state index in [0.717, 1.165) is 4.57 Å². The second kappa shape index (κ2) is 4.89. The van der Waals surface area contributed by atoms with Crippen LogP contribution in [0.5, 0.6) is 5.88 Å². The summed E-state index contributed by atoms with van der Waals surface area (Å²) in [6.07, 6.45) is -0.0657. The van der Waals surface area contributed by atoms with E-state index in [9.17, 15) is 18.3 Å². The number of nitrogens with zero attached hydrogens (tertiary/aromatic N) is 1. The molecule has 0 spiro atoms. The first kappa shape index (κ1) is 13.7. The van der Waals surface area contributed by atoms with E-state index in [2.05, 4.69) is 0 Å². The molecule has 0 saturated heterocycles. The second-order valence-electron chi connectivity index (χ2n) is 3.75. The molecule has 6 nitrogen and oxygen atoms in total. The Kier molecular flexibility index (Phi) is 3.94. The molecule has 7 heteroatoms. The highest BCUT2D eigenvalue weighted by Crippen LogP contribution is 2.13. The van der Waals surface area contributed by atoms with E-state index in [-0.39, 0.29) is 12.3 Å². The number of hydrogen-bond donors (Lipinski definition) is 2. The number of aromatic hydroxyl groups is 1. The summed E-state index contributed by atoms with van der Waals surface area (Å²) in [6.45, 7) is 3.60. The number of aromatic nitrogens is 1. The lowest BCUT2D eigenvalue weighted by molar-refractivity contribution is 0.409. The quantitative estimate of drug-likeness (QED) is 0.760. The van der Waals surface area contributed by atoms with Crippen LogP contribution in [-0.2, 0) is 23.1 Å². The Bertz CT molecular complexity index is 573. The van der Waals surface area contributed by atoms with Crippen LogP contribution in [0.15, 0.2) is 10.9 Å². The Labute approximate surface area is 99.3 Å². The number of rotatable bonds is 4. The van der Waals surface area contributed by atoms with Crippen LogP contribution in [-0.4, -0.2) is 28.4 Å². The summed E-state index contributed by atoms with van der Waals surface area (Å²) in [5.74, 6) is -0.650. The van der Waals surface area contributed by atoms with Crippen molar-refractivity contribution in [1.29, 1.82) is 0 Å². The minimum absolute atomic E-state index is 0.0657. The molecule has 2 N–H and O–H groups in total. The molecule has 1 rings (SSSR count). The maximum Gasteiger partial charge on any atom is 0.265 e. The van der Waals surface area contributed by atoms with Gasteiger partial charge in [-0.05, 0) is 25.8 Å². The van der Waals surface area contributed by atoms with Gasteiger partial charge in [0.05, 0.1) is 5.75 Å². The fourth-order valence-electron chi connectivity index (χ4n) is 1.64. The maximum absolute atomic E-state index is 11.9. The molecular weight excluding hydrogens is 246 g/mol. The lowest BCUT2D eigenvalue weighted by atomic mass is 10.1. The lowest BCUT2D eigenvalue weighted by Crippen LogP contribution is -2.25. The average molecular weight is 261 g/mol. The first-order chi connectivity index (χ1) is 7.76. The molecule has 1 aromatic heterocycles. The Hall–Kier alpha value is -1.34. The molecule has 1 heterocycles. The van der Waals surface area contributed by atoms with Gasteiger partial charge in [0.15, 0.2) is 5.88 Å². The van der Waals surface area contributed by atoms with Gasteiger partial charge in [-0.1, -0.05) is 0 Å². The van der Waals surface area contributed by atoms with E-state index >= 15 is 0 Å². The van der Waals surface area contributed by atoms with E-state index in [0.29, 0.717) is 17.7 Å². The zero-order valence-electron chi connectivity index (χ0n) is 9.67. The van der Waals surface area contributed by atoms with E-state index in [1.807, 2.05) is 0 Å². The molecule has 0 aliphatic carbocycles. The van der Waals surface area contributed by atoms with E-state index in [4.69, 9.17) is 4.55 Å². The normalized spacial score (nSPS) is 11.7. The van der Waals surface area contributed by atoms with Gasteiger partial charge in [0.1, 0.15) is 0 Å². The standard InChI is InChI=1S/C10H15NO5S/c1-3-11-9(12)6-7(2)8(10(11)13)4-5-17(14,15)16/h6,12H,3-5H2,1-2H3,(H,14,15,16). The largest absolute Gasteiger partial charge is 0.494 e. The summed E-state index contributed by atoms with van der Waals surface area (Å²) in [5.41, 5.74) is 0.386. The highest BCUT2D eigenvalue weighted by atomic mass is 32.2. The van der Waals surface area contributed by atoms with Crippen LogP contribution < -0.4 is 5.56 Å². The molecule has 0 saturated carbocycles. The third-order valence-electron chi connectivity index (χ3n) is 2.53. The van der Waals surface area contributed by atoms with Gasteiger partial charge in [-0.3, -0.25) is 13.9 Å². The molecule has 0 aliphatic rings. The molecule has 0 amide bonds. The molecule has 96 valence electrons.